The number of hydrogen-bond donors (Lipinski definition) is 1. The predicted molar refractivity (Wildman–Crippen MR) is 144 cm³/mol. The van der Waals surface area contributed by atoms with E-state index in [1.807, 2.05) is 12.1 Å². The minimum atomic E-state index is -0.521. The first-order valence-corrected chi connectivity index (χ1v) is 13.1. The van der Waals surface area contributed by atoms with Gasteiger partial charge in [0.2, 0.25) is 5.88 Å². The Kier molecular flexibility index (Phi) is 7.48. The molecule has 5 rings (SSSR count). The van der Waals surface area contributed by atoms with Crippen LogP contribution in [-0.2, 0) is 4.74 Å². The van der Waals surface area contributed by atoms with Crippen molar-refractivity contribution in [1.82, 2.24) is 9.88 Å². The Hall–Kier alpha value is -3.43. The van der Waals surface area contributed by atoms with Gasteiger partial charge >= 0.3 is 6.09 Å². The second-order valence-corrected chi connectivity index (χ2v) is 9.78. The summed E-state index contributed by atoms with van der Waals surface area (Å²) in [6.07, 6.45) is -0.521. The summed E-state index contributed by atoms with van der Waals surface area (Å²) in [6.45, 7) is 6.84. The number of fused-ring (bicyclic) bond motifs is 2. The number of rotatable bonds is 7. The van der Waals surface area contributed by atoms with Gasteiger partial charge in [-0.15, -0.1) is 0 Å². The lowest BCUT2D eigenvalue weighted by atomic mass is 10.2. The minimum Gasteiger partial charge on any atom is -0.474 e. The second kappa shape index (κ2) is 11.1. The molecule has 1 amide bonds. The molecule has 0 radical (unpaired) electrons. The Bertz CT molecular complexity index is 1170. The van der Waals surface area contributed by atoms with Crippen LogP contribution in [0.2, 0.25) is 0 Å². The summed E-state index contributed by atoms with van der Waals surface area (Å²) in [5.74, 6) is 1.24. The lowest BCUT2D eigenvalue weighted by Gasteiger charge is -2.33. The van der Waals surface area contributed by atoms with Crippen molar-refractivity contribution in [3.63, 3.8) is 0 Å². The molecule has 1 aromatic heterocycles. The van der Waals surface area contributed by atoms with Gasteiger partial charge in [0.25, 0.3) is 0 Å². The van der Waals surface area contributed by atoms with E-state index < -0.39 is 6.09 Å². The zero-order valence-electron chi connectivity index (χ0n) is 20.6. The van der Waals surface area contributed by atoms with Gasteiger partial charge in [-0.25, -0.2) is 4.79 Å². The van der Waals surface area contributed by atoms with Crippen molar-refractivity contribution in [2.75, 3.05) is 68.1 Å². The molecule has 0 spiro atoms. The first-order chi connectivity index (χ1) is 17.6. The van der Waals surface area contributed by atoms with Crippen LogP contribution >= 0.6 is 11.8 Å². The molecule has 1 saturated heterocycles. The molecule has 36 heavy (non-hydrogen) atoms. The molecule has 2 aliphatic rings. The number of amides is 1. The maximum Gasteiger partial charge on any atom is 0.411 e. The van der Waals surface area contributed by atoms with Crippen molar-refractivity contribution in [2.24, 2.45) is 0 Å². The molecule has 3 aromatic rings. The molecule has 2 aromatic carbocycles. The van der Waals surface area contributed by atoms with Gasteiger partial charge in [-0.05, 0) is 50.4 Å². The molecule has 8 nitrogen and oxygen atoms in total. The Labute approximate surface area is 216 Å². The molecular weight excluding hydrogens is 474 g/mol. The van der Waals surface area contributed by atoms with Crippen molar-refractivity contribution >= 4 is 40.7 Å². The van der Waals surface area contributed by atoms with Crippen LogP contribution < -0.4 is 19.9 Å². The largest absolute Gasteiger partial charge is 0.474 e. The highest BCUT2D eigenvalue weighted by Gasteiger charge is 2.23. The van der Waals surface area contributed by atoms with Gasteiger partial charge in [0.1, 0.15) is 18.1 Å². The van der Waals surface area contributed by atoms with E-state index in [0.29, 0.717) is 31.3 Å². The summed E-state index contributed by atoms with van der Waals surface area (Å²) in [6, 6.07) is 20.6. The molecule has 0 unspecified atom stereocenters. The summed E-state index contributed by atoms with van der Waals surface area (Å²) in [5.41, 5.74) is 2.82. The molecule has 1 fully saturated rings. The number of nitrogens with one attached hydrogen (secondary N) is 1. The van der Waals surface area contributed by atoms with Crippen LogP contribution in [0, 0.1) is 0 Å². The highest BCUT2D eigenvalue weighted by atomic mass is 32.2. The number of carbonyl (C=O) groups excluding carboxylic acids is 1. The number of aromatic nitrogens is 1. The summed E-state index contributed by atoms with van der Waals surface area (Å²) in [7, 11) is 2.13. The van der Waals surface area contributed by atoms with E-state index in [-0.39, 0.29) is 0 Å². The predicted octanol–water partition coefficient (Wildman–Crippen LogP) is 5.08. The normalized spacial score (nSPS) is 15.2. The fourth-order valence-corrected chi connectivity index (χ4v) is 5.48. The topological polar surface area (TPSA) is 70.2 Å². The maximum atomic E-state index is 12.1. The number of carbonyl (C=O) groups is 1. The first-order valence-electron chi connectivity index (χ1n) is 12.3. The molecule has 0 atom stereocenters. The van der Waals surface area contributed by atoms with Gasteiger partial charge in [-0.1, -0.05) is 36.0 Å². The number of nitrogens with zero attached hydrogens (tertiary/aromatic N) is 4. The number of hydrogen-bond acceptors (Lipinski definition) is 8. The van der Waals surface area contributed by atoms with E-state index in [4.69, 9.17) is 14.5 Å². The Morgan fingerprint density at radius 3 is 2.31 bits per heavy atom. The average Bonchev–Trinajstić information content (AvgIpc) is 2.89. The number of benzene rings is 2. The minimum absolute atomic E-state index is 0.292. The Morgan fingerprint density at radius 2 is 1.64 bits per heavy atom. The lowest BCUT2D eigenvalue weighted by molar-refractivity contribution is 0.167. The summed E-state index contributed by atoms with van der Waals surface area (Å²) >= 11 is 1.78. The van der Waals surface area contributed by atoms with Gasteiger partial charge in [-0.3, -0.25) is 5.32 Å². The van der Waals surface area contributed by atoms with Gasteiger partial charge in [0.05, 0.1) is 24.5 Å². The monoisotopic (exact) mass is 505 g/mol. The van der Waals surface area contributed by atoms with Crippen LogP contribution in [0.15, 0.2) is 70.5 Å². The van der Waals surface area contributed by atoms with Gasteiger partial charge in [-0.2, -0.15) is 4.98 Å². The molecule has 188 valence electrons. The quantitative estimate of drug-likeness (QED) is 0.477. The van der Waals surface area contributed by atoms with E-state index >= 15 is 0 Å². The van der Waals surface area contributed by atoms with Crippen LogP contribution in [0.5, 0.6) is 5.88 Å². The van der Waals surface area contributed by atoms with E-state index in [1.165, 1.54) is 9.79 Å². The Morgan fingerprint density at radius 1 is 0.972 bits per heavy atom. The number of para-hydroxylation sites is 2. The van der Waals surface area contributed by atoms with Crippen LogP contribution in [-0.4, -0.2) is 69.0 Å². The molecule has 3 heterocycles. The average molecular weight is 506 g/mol. The zero-order valence-corrected chi connectivity index (χ0v) is 21.5. The van der Waals surface area contributed by atoms with Crippen molar-refractivity contribution in [1.29, 1.82) is 0 Å². The van der Waals surface area contributed by atoms with E-state index in [1.54, 1.807) is 18.7 Å². The number of likely N-dealkylation sites (N-methyl/N-ethyl adjacent to an activating group) is 1. The summed E-state index contributed by atoms with van der Waals surface area (Å²) in [5, 5.41) is 2.78. The first kappa shape index (κ1) is 24.3. The standard InChI is InChI=1S/C27H31N5O3S/c1-3-34-27(33)28-20-12-13-25(31-16-14-30(2)15-17-31)29-26(20)35-19-18-32-21-8-4-6-10-23(21)36-24-11-7-5-9-22(24)32/h4-13H,3,14-19H2,1-2H3,(H,28,33). The van der Waals surface area contributed by atoms with Crippen molar-refractivity contribution < 1.29 is 14.3 Å². The fourth-order valence-electron chi connectivity index (χ4n) is 4.38. The number of pyridine rings is 1. The van der Waals surface area contributed by atoms with Gasteiger partial charge < -0.3 is 24.2 Å². The third-order valence-electron chi connectivity index (χ3n) is 6.27. The van der Waals surface area contributed by atoms with Crippen LogP contribution in [0.25, 0.3) is 0 Å². The maximum absolute atomic E-state index is 12.1. The zero-order chi connectivity index (χ0) is 24.9. The van der Waals surface area contributed by atoms with Crippen LogP contribution in [0.4, 0.5) is 27.7 Å². The smallest absolute Gasteiger partial charge is 0.411 e. The number of piperazine rings is 1. The highest BCUT2D eigenvalue weighted by molar-refractivity contribution is 7.99. The molecule has 2 aliphatic heterocycles. The third kappa shape index (κ3) is 5.37. The van der Waals surface area contributed by atoms with Crippen LogP contribution in [0.3, 0.4) is 0 Å². The van der Waals surface area contributed by atoms with Crippen molar-refractivity contribution in [3.05, 3.63) is 60.7 Å². The highest BCUT2D eigenvalue weighted by Crippen LogP contribution is 2.47. The molecule has 9 heteroatoms. The molecule has 0 bridgehead atoms. The fraction of sp³-hybridized carbons (Fsp3) is 0.333. The Balaban J connectivity index is 1.36. The molecule has 0 aliphatic carbocycles. The van der Waals surface area contributed by atoms with Gasteiger partial charge in [0, 0.05) is 36.0 Å². The summed E-state index contributed by atoms with van der Waals surface area (Å²) in [4.78, 5) is 26.2. The van der Waals surface area contributed by atoms with Crippen molar-refractivity contribution in [2.45, 2.75) is 16.7 Å². The summed E-state index contributed by atoms with van der Waals surface area (Å²) < 4.78 is 11.3. The van der Waals surface area contributed by atoms with E-state index in [0.717, 1.165) is 43.4 Å². The van der Waals surface area contributed by atoms with Crippen LogP contribution in [0.1, 0.15) is 6.92 Å². The molecule has 0 saturated carbocycles. The lowest BCUT2D eigenvalue weighted by Crippen LogP contribution is -2.44. The van der Waals surface area contributed by atoms with Gasteiger partial charge in [0.15, 0.2) is 0 Å². The molecular formula is C27H31N5O3S. The third-order valence-corrected chi connectivity index (χ3v) is 7.40. The van der Waals surface area contributed by atoms with E-state index in [9.17, 15) is 4.79 Å². The van der Waals surface area contributed by atoms with E-state index in [2.05, 4.69) is 75.6 Å². The number of anilines is 4. The SMILES string of the molecule is CCOC(=O)Nc1ccc(N2CCN(C)CC2)nc1OCCN1c2ccccc2Sc2ccccc21. The molecule has 1 N–H and O–H groups in total. The second-order valence-electron chi connectivity index (χ2n) is 8.70. The number of ether oxygens (including phenoxy) is 2. The van der Waals surface area contributed by atoms with Crippen molar-refractivity contribution in [3.8, 4) is 5.88 Å².